The molecule has 1 aliphatic heterocycles. The third-order valence-electron chi connectivity index (χ3n) is 3.09. The third-order valence-corrected chi connectivity index (χ3v) is 3.09. The molecule has 1 N–H and O–H groups in total. The molecule has 4 heteroatoms. The number of aromatic nitrogens is 1. The van der Waals surface area contributed by atoms with Gasteiger partial charge in [0, 0.05) is 19.3 Å². The van der Waals surface area contributed by atoms with E-state index in [4.69, 9.17) is 4.74 Å². The largest absolute Gasteiger partial charge is 0.375 e. The molecule has 4 nitrogen and oxygen atoms in total. The highest BCUT2D eigenvalue weighted by Crippen LogP contribution is 2.19. The van der Waals surface area contributed by atoms with Crippen LogP contribution in [0.5, 0.6) is 0 Å². The molecule has 94 valence electrons. The number of hydrogen-bond donors (Lipinski definition) is 1. The fraction of sp³-hybridized carbons (Fsp3) is 0.615. The van der Waals surface area contributed by atoms with E-state index in [0.29, 0.717) is 6.04 Å². The van der Waals surface area contributed by atoms with Crippen molar-refractivity contribution in [3.05, 3.63) is 23.9 Å². The standard InChI is InChI=1S/C13H21N3O/c1-10-9-17-11(2)8-16(10)13-5-4-12(6-14-3)7-15-13/h4-5,7,10-11,14H,6,8-9H2,1-3H3. The fourth-order valence-corrected chi connectivity index (χ4v) is 2.12. The number of hydrogen-bond acceptors (Lipinski definition) is 4. The highest BCUT2D eigenvalue weighted by molar-refractivity contribution is 5.41. The monoisotopic (exact) mass is 235 g/mol. The average Bonchev–Trinajstić information content (AvgIpc) is 2.34. The van der Waals surface area contributed by atoms with Gasteiger partial charge in [-0.3, -0.25) is 0 Å². The average molecular weight is 235 g/mol. The van der Waals surface area contributed by atoms with E-state index in [1.165, 1.54) is 5.56 Å². The summed E-state index contributed by atoms with van der Waals surface area (Å²) in [6, 6.07) is 4.63. The van der Waals surface area contributed by atoms with Crippen molar-refractivity contribution < 1.29 is 4.74 Å². The van der Waals surface area contributed by atoms with Crippen molar-refractivity contribution in [1.82, 2.24) is 10.3 Å². The van der Waals surface area contributed by atoms with Crippen LogP contribution in [0.4, 0.5) is 5.82 Å². The second-order valence-corrected chi connectivity index (χ2v) is 4.70. The van der Waals surface area contributed by atoms with Gasteiger partial charge in [0.1, 0.15) is 5.82 Å². The number of pyridine rings is 1. The van der Waals surface area contributed by atoms with Crippen LogP contribution in [0.15, 0.2) is 18.3 Å². The van der Waals surface area contributed by atoms with E-state index in [-0.39, 0.29) is 6.10 Å². The Kier molecular flexibility index (Phi) is 3.97. The van der Waals surface area contributed by atoms with Gasteiger partial charge >= 0.3 is 0 Å². The maximum atomic E-state index is 5.62. The van der Waals surface area contributed by atoms with Gasteiger partial charge in [-0.1, -0.05) is 6.07 Å². The summed E-state index contributed by atoms with van der Waals surface area (Å²) < 4.78 is 5.62. The van der Waals surface area contributed by atoms with Crippen LogP contribution in [0.3, 0.4) is 0 Å². The Bertz CT molecular complexity index is 352. The molecule has 2 heterocycles. The molecule has 0 spiro atoms. The quantitative estimate of drug-likeness (QED) is 0.859. The number of rotatable bonds is 3. The minimum Gasteiger partial charge on any atom is -0.375 e. The Hall–Kier alpha value is -1.13. The molecule has 2 atom stereocenters. The van der Waals surface area contributed by atoms with Gasteiger partial charge in [-0.05, 0) is 32.5 Å². The van der Waals surface area contributed by atoms with Crippen molar-refractivity contribution in [2.24, 2.45) is 0 Å². The topological polar surface area (TPSA) is 37.4 Å². The Morgan fingerprint density at radius 2 is 2.29 bits per heavy atom. The smallest absolute Gasteiger partial charge is 0.128 e. The van der Waals surface area contributed by atoms with Gasteiger partial charge < -0.3 is 15.0 Å². The van der Waals surface area contributed by atoms with Crippen LogP contribution in [0.2, 0.25) is 0 Å². The van der Waals surface area contributed by atoms with Gasteiger partial charge in [-0.15, -0.1) is 0 Å². The van der Waals surface area contributed by atoms with E-state index >= 15 is 0 Å². The van der Waals surface area contributed by atoms with Crippen LogP contribution in [0.25, 0.3) is 0 Å². The SMILES string of the molecule is CNCc1ccc(N2CC(C)OCC2C)nc1. The van der Waals surface area contributed by atoms with Crippen molar-refractivity contribution >= 4 is 5.82 Å². The van der Waals surface area contributed by atoms with Gasteiger partial charge in [0.15, 0.2) is 0 Å². The molecule has 0 saturated carbocycles. The van der Waals surface area contributed by atoms with Crippen LogP contribution >= 0.6 is 0 Å². The van der Waals surface area contributed by atoms with Gasteiger partial charge in [0.2, 0.25) is 0 Å². The van der Waals surface area contributed by atoms with Crippen LogP contribution in [0, 0.1) is 0 Å². The maximum Gasteiger partial charge on any atom is 0.128 e. The summed E-state index contributed by atoms with van der Waals surface area (Å²) >= 11 is 0. The van der Waals surface area contributed by atoms with E-state index in [1.54, 1.807) is 0 Å². The first kappa shape index (κ1) is 12.3. The molecule has 0 radical (unpaired) electrons. The summed E-state index contributed by atoms with van der Waals surface area (Å²) in [4.78, 5) is 6.85. The zero-order valence-corrected chi connectivity index (χ0v) is 10.8. The first-order chi connectivity index (χ1) is 8.20. The molecule has 1 aromatic rings. The molecule has 17 heavy (non-hydrogen) atoms. The molecule has 0 aliphatic carbocycles. The highest BCUT2D eigenvalue weighted by atomic mass is 16.5. The molecule has 0 bridgehead atoms. The Morgan fingerprint density at radius 1 is 1.47 bits per heavy atom. The summed E-state index contributed by atoms with van der Waals surface area (Å²) in [5.41, 5.74) is 1.21. The lowest BCUT2D eigenvalue weighted by atomic mass is 10.2. The van der Waals surface area contributed by atoms with Gasteiger partial charge in [-0.2, -0.15) is 0 Å². The molecule has 1 aliphatic rings. The Balaban J connectivity index is 2.10. The summed E-state index contributed by atoms with van der Waals surface area (Å²) in [5.74, 6) is 1.05. The summed E-state index contributed by atoms with van der Waals surface area (Å²) in [6.07, 6.45) is 2.23. The highest BCUT2D eigenvalue weighted by Gasteiger charge is 2.24. The van der Waals surface area contributed by atoms with Crippen molar-refractivity contribution in [2.75, 3.05) is 25.1 Å². The number of ether oxygens (including phenoxy) is 1. The summed E-state index contributed by atoms with van der Waals surface area (Å²) in [5, 5.41) is 3.13. The maximum absolute atomic E-state index is 5.62. The van der Waals surface area contributed by atoms with Gasteiger partial charge in [0.05, 0.1) is 18.8 Å². The second-order valence-electron chi connectivity index (χ2n) is 4.70. The van der Waals surface area contributed by atoms with Crippen molar-refractivity contribution in [2.45, 2.75) is 32.5 Å². The van der Waals surface area contributed by atoms with Crippen molar-refractivity contribution in [3.8, 4) is 0 Å². The Labute approximate surface area is 103 Å². The number of morpholine rings is 1. The van der Waals surface area contributed by atoms with E-state index < -0.39 is 0 Å². The van der Waals surface area contributed by atoms with Crippen LogP contribution in [-0.2, 0) is 11.3 Å². The Morgan fingerprint density at radius 3 is 2.94 bits per heavy atom. The van der Waals surface area contributed by atoms with E-state index in [2.05, 4.69) is 41.2 Å². The number of nitrogens with zero attached hydrogens (tertiary/aromatic N) is 2. The van der Waals surface area contributed by atoms with Gasteiger partial charge in [-0.25, -0.2) is 4.98 Å². The molecule has 1 aromatic heterocycles. The van der Waals surface area contributed by atoms with E-state index in [0.717, 1.165) is 25.5 Å². The lowest BCUT2D eigenvalue weighted by Crippen LogP contribution is -2.47. The number of nitrogens with one attached hydrogen (secondary N) is 1. The molecular weight excluding hydrogens is 214 g/mol. The molecule has 2 unspecified atom stereocenters. The summed E-state index contributed by atoms with van der Waals surface area (Å²) in [6.45, 7) is 6.84. The van der Waals surface area contributed by atoms with Crippen LogP contribution in [-0.4, -0.2) is 37.3 Å². The molecule has 0 amide bonds. The number of anilines is 1. The first-order valence-corrected chi connectivity index (χ1v) is 6.18. The lowest BCUT2D eigenvalue weighted by molar-refractivity contribution is 0.0340. The van der Waals surface area contributed by atoms with Crippen molar-refractivity contribution in [1.29, 1.82) is 0 Å². The first-order valence-electron chi connectivity index (χ1n) is 6.18. The predicted octanol–water partition coefficient (Wildman–Crippen LogP) is 1.41. The molecule has 2 rings (SSSR count). The summed E-state index contributed by atoms with van der Waals surface area (Å²) in [7, 11) is 1.94. The van der Waals surface area contributed by atoms with Crippen LogP contribution in [0.1, 0.15) is 19.4 Å². The minimum absolute atomic E-state index is 0.282. The zero-order chi connectivity index (χ0) is 12.3. The van der Waals surface area contributed by atoms with E-state index in [1.807, 2.05) is 13.2 Å². The van der Waals surface area contributed by atoms with E-state index in [9.17, 15) is 0 Å². The molecule has 1 saturated heterocycles. The van der Waals surface area contributed by atoms with Crippen molar-refractivity contribution in [3.63, 3.8) is 0 Å². The second kappa shape index (κ2) is 5.47. The predicted molar refractivity (Wildman–Crippen MR) is 69.2 cm³/mol. The lowest BCUT2D eigenvalue weighted by Gasteiger charge is -2.37. The molecular formula is C13H21N3O. The third kappa shape index (κ3) is 2.96. The zero-order valence-electron chi connectivity index (χ0n) is 10.8. The molecule has 0 aromatic carbocycles. The normalized spacial score (nSPS) is 25.0. The van der Waals surface area contributed by atoms with Crippen LogP contribution < -0.4 is 10.2 Å². The molecule has 1 fully saturated rings. The van der Waals surface area contributed by atoms with Gasteiger partial charge in [0.25, 0.3) is 0 Å². The minimum atomic E-state index is 0.282. The fourth-order valence-electron chi connectivity index (χ4n) is 2.12.